The summed E-state index contributed by atoms with van der Waals surface area (Å²) in [5.74, 6) is 1.72. The Kier molecular flexibility index (Phi) is 4.68. The molecule has 1 aliphatic rings. The van der Waals surface area contributed by atoms with Crippen LogP contribution < -0.4 is 5.32 Å². The first-order valence-electron chi connectivity index (χ1n) is 6.18. The molecule has 0 aromatic carbocycles. The summed E-state index contributed by atoms with van der Waals surface area (Å²) in [6.07, 6.45) is 6.83. The molecule has 1 aliphatic carbocycles. The Morgan fingerprint density at radius 3 is 2.69 bits per heavy atom. The highest BCUT2D eigenvalue weighted by Crippen LogP contribution is 2.34. The lowest BCUT2D eigenvalue weighted by molar-refractivity contribution is 0.233. The van der Waals surface area contributed by atoms with Crippen molar-refractivity contribution >= 4 is 22.9 Å². The van der Waals surface area contributed by atoms with Crippen molar-refractivity contribution in [1.29, 1.82) is 0 Å². The molecule has 2 atom stereocenters. The van der Waals surface area contributed by atoms with E-state index in [0.717, 1.165) is 16.2 Å². The van der Waals surface area contributed by atoms with Crippen LogP contribution in [0.1, 0.15) is 30.6 Å². The van der Waals surface area contributed by atoms with E-state index < -0.39 is 0 Å². The van der Waals surface area contributed by atoms with Crippen LogP contribution in [-0.4, -0.2) is 13.6 Å². The molecule has 0 spiro atoms. The largest absolute Gasteiger partial charge is 0.319 e. The predicted molar refractivity (Wildman–Crippen MR) is 72.4 cm³/mol. The van der Waals surface area contributed by atoms with Crippen molar-refractivity contribution in [1.82, 2.24) is 5.32 Å². The van der Waals surface area contributed by atoms with E-state index in [0.29, 0.717) is 0 Å². The minimum Gasteiger partial charge on any atom is -0.319 e. The lowest BCUT2D eigenvalue weighted by atomic mass is 9.77. The number of nitrogens with one attached hydrogen (secondary N) is 1. The number of hydrogen-bond donors (Lipinski definition) is 1. The highest BCUT2D eigenvalue weighted by molar-refractivity contribution is 7.16. The predicted octanol–water partition coefficient (Wildman–Crippen LogP) is 3.97. The fourth-order valence-corrected chi connectivity index (χ4v) is 3.98. The Morgan fingerprint density at radius 2 is 2.06 bits per heavy atom. The van der Waals surface area contributed by atoms with Crippen LogP contribution >= 0.6 is 22.9 Å². The second-order valence-electron chi connectivity index (χ2n) is 4.77. The summed E-state index contributed by atoms with van der Waals surface area (Å²) >= 11 is 7.73. The van der Waals surface area contributed by atoms with Gasteiger partial charge in [-0.15, -0.1) is 11.3 Å². The number of hydrogen-bond acceptors (Lipinski definition) is 2. The summed E-state index contributed by atoms with van der Waals surface area (Å²) in [7, 11) is 2.06. The quantitative estimate of drug-likeness (QED) is 0.861. The van der Waals surface area contributed by atoms with Crippen LogP contribution in [0.4, 0.5) is 0 Å². The molecule has 1 aromatic heterocycles. The standard InChI is InChI=1S/C13H20ClNS/c1-15-9-11-5-3-2-4-10(11)8-12-6-7-13(14)16-12/h6-7,10-11,15H,2-5,8-9H2,1H3. The van der Waals surface area contributed by atoms with E-state index in [-0.39, 0.29) is 0 Å². The van der Waals surface area contributed by atoms with Crippen LogP contribution in [0.15, 0.2) is 12.1 Å². The molecule has 1 aromatic rings. The van der Waals surface area contributed by atoms with E-state index >= 15 is 0 Å². The molecule has 1 heterocycles. The lowest BCUT2D eigenvalue weighted by Crippen LogP contribution is -2.29. The van der Waals surface area contributed by atoms with Crippen molar-refractivity contribution in [3.8, 4) is 0 Å². The van der Waals surface area contributed by atoms with Crippen LogP contribution in [0.2, 0.25) is 4.34 Å². The van der Waals surface area contributed by atoms with Gasteiger partial charge < -0.3 is 5.32 Å². The average Bonchev–Trinajstić information content (AvgIpc) is 2.67. The van der Waals surface area contributed by atoms with Gasteiger partial charge in [0.25, 0.3) is 0 Å². The zero-order chi connectivity index (χ0) is 11.4. The molecular formula is C13H20ClNS. The first-order chi connectivity index (χ1) is 7.79. The van der Waals surface area contributed by atoms with Gasteiger partial charge in [-0.3, -0.25) is 0 Å². The minimum atomic E-state index is 0.857. The van der Waals surface area contributed by atoms with E-state index in [1.807, 2.05) is 6.07 Å². The smallest absolute Gasteiger partial charge is 0.0931 e. The molecule has 90 valence electrons. The minimum absolute atomic E-state index is 0.857. The second kappa shape index (κ2) is 6.04. The van der Waals surface area contributed by atoms with E-state index in [1.54, 1.807) is 11.3 Å². The number of thiophene rings is 1. The SMILES string of the molecule is CNCC1CCCCC1Cc1ccc(Cl)s1. The van der Waals surface area contributed by atoms with Gasteiger partial charge in [-0.2, -0.15) is 0 Å². The van der Waals surface area contributed by atoms with Gasteiger partial charge in [-0.1, -0.05) is 24.4 Å². The zero-order valence-corrected chi connectivity index (χ0v) is 11.4. The van der Waals surface area contributed by atoms with Crippen molar-refractivity contribution in [2.75, 3.05) is 13.6 Å². The molecule has 1 saturated carbocycles. The van der Waals surface area contributed by atoms with Crippen LogP contribution in [0.25, 0.3) is 0 Å². The van der Waals surface area contributed by atoms with Crippen molar-refractivity contribution in [3.05, 3.63) is 21.3 Å². The van der Waals surface area contributed by atoms with Gasteiger partial charge in [-0.25, -0.2) is 0 Å². The average molecular weight is 258 g/mol. The highest BCUT2D eigenvalue weighted by Gasteiger charge is 2.24. The van der Waals surface area contributed by atoms with Crippen LogP contribution in [-0.2, 0) is 6.42 Å². The summed E-state index contributed by atoms with van der Waals surface area (Å²) in [5, 5.41) is 3.34. The van der Waals surface area contributed by atoms with Gasteiger partial charge in [0, 0.05) is 4.88 Å². The molecule has 2 unspecified atom stereocenters. The summed E-state index contributed by atoms with van der Waals surface area (Å²) in [6, 6.07) is 4.22. The molecular weight excluding hydrogens is 238 g/mol. The maximum atomic E-state index is 5.98. The van der Waals surface area contributed by atoms with Gasteiger partial charge in [0.15, 0.2) is 0 Å². The van der Waals surface area contributed by atoms with Gasteiger partial charge >= 0.3 is 0 Å². The van der Waals surface area contributed by atoms with Crippen LogP contribution in [0, 0.1) is 11.8 Å². The van der Waals surface area contributed by atoms with Crippen LogP contribution in [0.3, 0.4) is 0 Å². The van der Waals surface area contributed by atoms with E-state index in [9.17, 15) is 0 Å². The first-order valence-corrected chi connectivity index (χ1v) is 7.38. The molecule has 0 saturated heterocycles. The Bertz CT molecular complexity index is 321. The zero-order valence-electron chi connectivity index (χ0n) is 9.84. The molecule has 1 N–H and O–H groups in total. The normalized spacial score (nSPS) is 25.9. The summed E-state index contributed by atoms with van der Waals surface area (Å²) in [4.78, 5) is 1.46. The maximum Gasteiger partial charge on any atom is 0.0931 e. The molecule has 0 radical (unpaired) electrons. The summed E-state index contributed by atoms with van der Waals surface area (Å²) in [6.45, 7) is 1.17. The molecule has 1 fully saturated rings. The van der Waals surface area contributed by atoms with Gasteiger partial charge in [0.05, 0.1) is 4.34 Å². The molecule has 0 aliphatic heterocycles. The molecule has 0 amide bonds. The van der Waals surface area contributed by atoms with E-state index in [1.165, 1.54) is 43.5 Å². The van der Waals surface area contributed by atoms with Crippen molar-refractivity contribution in [2.45, 2.75) is 32.1 Å². The Balaban J connectivity index is 1.95. The fourth-order valence-electron chi connectivity index (χ4n) is 2.80. The third-order valence-corrected chi connectivity index (χ3v) is 4.88. The number of rotatable bonds is 4. The highest BCUT2D eigenvalue weighted by atomic mass is 35.5. The number of halogens is 1. The monoisotopic (exact) mass is 257 g/mol. The molecule has 16 heavy (non-hydrogen) atoms. The van der Waals surface area contributed by atoms with Gasteiger partial charge in [0.1, 0.15) is 0 Å². The molecule has 2 rings (SSSR count). The van der Waals surface area contributed by atoms with Crippen molar-refractivity contribution in [2.24, 2.45) is 11.8 Å². The Morgan fingerprint density at radius 1 is 1.31 bits per heavy atom. The molecule has 3 heteroatoms. The summed E-state index contributed by atoms with van der Waals surface area (Å²) < 4.78 is 0.927. The molecule has 1 nitrogen and oxygen atoms in total. The van der Waals surface area contributed by atoms with Crippen LogP contribution in [0.5, 0.6) is 0 Å². The van der Waals surface area contributed by atoms with Crippen molar-refractivity contribution < 1.29 is 0 Å². The maximum absolute atomic E-state index is 5.98. The van der Waals surface area contributed by atoms with Gasteiger partial charge in [0.2, 0.25) is 0 Å². The van der Waals surface area contributed by atoms with Crippen molar-refractivity contribution in [3.63, 3.8) is 0 Å². The fraction of sp³-hybridized carbons (Fsp3) is 0.692. The third kappa shape index (κ3) is 3.22. The topological polar surface area (TPSA) is 12.0 Å². The Hall–Kier alpha value is -0.0500. The third-order valence-electron chi connectivity index (χ3n) is 3.63. The Labute approximate surface area is 107 Å². The molecule has 0 bridgehead atoms. The van der Waals surface area contributed by atoms with E-state index in [4.69, 9.17) is 11.6 Å². The first kappa shape index (κ1) is 12.4. The lowest BCUT2D eigenvalue weighted by Gasteiger charge is -2.31. The second-order valence-corrected chi connectivity index (χ2v) is 6.57. The van der Waals surface area contributed by atoms with Gasteiger partial charge in [-0.05, 0) is 56.8 Å². The summed E-state index contributed by atoms with van der Waals surface area (Å²) in [5.41, 5.74) is 0. The van der Waals surface area contributed by atoms with E-state index in [2.05, 4.69) is 18.4 Å².